The van der Waals surface area contributed by atoms with Crippen LogP contribution in [0, 0.1) is 46.5 Å². The molecule has 0 atom stereocenters. The van der Waals surface area contributed by atoms with Crippen LogP contribution >= 0.6 is 0 Å². The molecule has 0 bridgehead atoms. The Balaban J connectivity index is 0.000000127. The predicted molar refractivity (Wildman–Crippen MR) is 503 cm³/mol. The van der Waals surface area contributed by atoms with Gasteiger partial charge in [-0.2, -0.15) is 5.10 Å². The summed E-state index contributed by atoms with van der Waals surface area (Å²) in [7, 11) is 1.62. The number of ether oxygens (including phenoxy) is 1. The molecule has 4 fully saturated rings. The van der Waals surface area contributed by atoms with Gasteiger partial charge in [0.05, 0.1) is 55.6 Å². The van der Waals surface area contributed by atoms with Gasteiger partial charge < -0.3 is 62.2 Å². The molecule has 12 heterocycles. The number of carbonyl (C=O) groups excluding carboxylic acids is 4. The summed E-state index contributed by atoms with van der Waals surface area (Å²) in [5.41, 5.74) is 8.12. The third-order valence-electron chi connectivity index (χ3n) is 23.8. The van der Waals surface area contributed by atoms with Gasteiger partial charge >= 0.3 is 0 Å². The van der Waals surface area contributed by atoms with Crippen molar-refractivity contribution < 1.29 is 59.0 Å². The van der Waals surface area contributed by atoms with Crippen molar-refractivity contribution >= 4 is 47.0 Å². The first-order valence-corrected chi connectivity index (χ1v) is 44.5. The Morgan fingerprint density at radius 1 is 0.290 bits per heavy atom. The normalized spacial score (nSPS) is 13.8. The molecule has 0 radical (unpaired) electrons. The molecule has 20 rings (SSSR count). The minimum absolute atomic E-state index is 0.0275. The van der Waals surface area contributed by atoms with E-state index < -0.39 is 0 Å². The zero-order valence-corrected chi connectivity index (χ0v) is 74.7. The molecule has 0 aliphatic carbocycles. The average molecular weight is 1870 g/mol. The highest BCUT2D eigenvalue weighted by Gasteiger charge is 2.31. The van der Waals surface area contributed by atoms with E-state index in [9.17, 15) is 54.3 Å². The third kappa shape index (κ3) is 23.4. The molecule has 700 valence electrons. The van der Waals surface area contributed by atoms with Crippen molar-refractivity contribution in [3.05, 3.63) is 362 Å². The quantitative estimate of drug-likeness (QED) is 0.0605. The number of methoxy groups -OCH3 is 1. The molecule has 0 unspecified atom stereocenters. The van der Waals surface area contributed by atoms with E-state index in [0.29, 0.717) is 179 Å². The third-order valence-corrected chi connectivity index (χ3v) is 23.8. The number of hydrogen-bond donors (Lipinski definition) is 0. The number of carbonyl (C=O) groups is 4. The number of amides is 4. The van der Waals surface area contributed by atoms with Crippen LogP contribution in [-0.4, -0.2) is 228 Å². The molecule has 36 heteroatoms. The molecule has 8 aromatic carbocycles. The zero-order chi connectivity index (χ0) is 95.5. The molecule has 0 N–H and O–H groups in total. The fourth-order valence-corrected chi connectivity index (χ4v) is 16.3. The monoisotopic (exact) mass is 1870 g/mol. The van der Waals surface area contributed by atoms with E-state index in [1.165, 1.54) is 110 Å². The average Bonchev–Trinajstić information content (AvgIpc) is 1.66. The first-order valence-electron chi connectivity index (χ1n) is 44.5. The second kappa shape index (κ2) is 43.5. The number of rotatable bonds is 21. The van der Waals surface area contributed by atoms with Crippen LogP contribution < -0.4 is 24.3 Å². The van der Waals surface area contributed by atoms with E-state index in [4.69, 9.17) is 9.72 Å². The highest BCUT2D eigenvalue weighted by Crippen LogP contribution is 2.31. The predicted octanol–water partition coefficient (Wildman–Crippen LogP) is 14.6. The highest BCUT2D eigenvalue weighted by atomic mass is 19.2. The van der Waals surface area contributed by atoms with Crippen LogP contribution in [-0.2, 0) is 44.9 Å². The number of benzene rings is 8. The molecule has 8 aromatic heterocycles. The van der Waals surface area contributed by atoms with E-state index >= 15 is 0 Å². The maximum Gasteiger partial charge on any atom is 0.230 e. The highest BCUT2D eigenvalue weighted by molar-refractivity contribution is 5.82. The van der Waals surface area contributed by atoms with Gasteiger partial charge in [0.2, 0.25) is 29.6 Å². The number of halogens is 8. The molecule has 28 nitrogen and oxygen atoms in total. The van der Waals surface area contributed by atoms with Gasteiger partial charge in [-0.1, -0.05) is 6.07 Å². The number of piperazine rings is 4. The van der Waals surface area contributed by atoms with Gasteiger partial charge in [-0.25, -0.2) is 80.0 Å². The summed E-state index contributed by atoms with van der Waals surface area (Å²) < 4.78 is 120. The van der Waals surface area contributed by atoms with Gasteiger partial charge in [0.1, 0.15) is 99.9 Å². The van der Waals surface area contributed by atoms with Crippen molar-refractivity contribution in [2.75, 3.05) is 131 Å². The van der Waals surface area contributed by atoms with E-state index in [0.717, 1.165) is 45.5 Å². The molecular formula is C102H91F8N23O5. The molecule has 0 spiro atoms. The lowest BCUT2D eigenvalue weighted by molar-refractivity contribution is -0.131. The zero-order valence-electron chi connectivity index (χ0n) is 74.7. The van der Waals surface area contributed by atoms with Gasteiger partial charge in [0.15, 0.2) is 5.82 Å². The van der Waals surface area contributed by atoms with Gasteiger partial charge in [-0.3, -0.25) is 19.2 Å². The molecule has 4 saturated heterocycles. The lowest BCUT2D eigenvalue weighted by atomic mass is 10.2. The second-order valence-electron chi connectivity index (χ2n) is 32.5. The fraction of sp³-hybridized carbons (Fsp3) is 0.206. The van der Waals surface area contributed by atoms with Crippen LogP contribution in [0.15, 0.2) is 293 Å². The Kier molecular flexibility index (Phi) is 29.4. The Morgan fingerprint density at radius 3 is 0.862 bits per heavy atom. The smallest absolute Gasteiger partial charge is 0.230 e. The molecule has 0 saturated carbocycles. The van der Waals surface area contributed by atoms with Crippen LogP contribution in [0.25, 0.3) is 67.8 Å². The standard InChI is InChI=1S/C27H25F2N5O2.C26H23F2N5O.C25H22F2N6O.C24H21F2N7O/c1-36-23-10-11-30-25(16-23)32-12-14-33(15-13-32)27(35)17-26-31-24(19-2-4-20(28)5-3-19)18-34(26)22-8-6-21(29)7-9-22;27-20-6-4-19(5-7-20)23-18-33(22-10-8-21(28)9-11-22)25(30-23)17-26(34)32-15-13-31(14-16-32)24-3-1-2-12-29-24;26-19-5-3-18(4-6-19)22-17-33(21-9-7-20(27)8-10-21)24(29-22)16-25(34)32-14-12-31(13-15-32)23-2-1-11-28-30-23;25-18-3-1-17(2-4-18)21-14-33(20-7-5-19(26)6-8-20)22(30-21)13-23(34)31-9-11-32(12-10-31)24-28-15-27-16-29-24/h2-11,16,18H,12-15,17H2,1H3;1-12,18H,13-17H2;1-11,17H,12-16H2;1-8,14-16H,9-13H2. The number of aromatic nitrogens is 15. The summed E-state index contributed by atoms with van der Waals surface area (Å²) in [6.07, 6.45) is 15.5. The van der Waals surface area contributed by atoms with Crippen molar-refractivity contribution in [2.45, 2.75) is 25.7 Å². The molecule has 138 heavy (non-hydrogen) atoms. The first-order chi connectivity index (χ1) is 67.2. The van der Waals surface area contributed by atoms with E-state index in [1.807, 2.05) is 56.0 Å². The van der Waals surface area contributed by atoms with Crippen LogP contribution in [0.5, 0.6) is 5.75 Å². The topological polar surface area (TPSA) is 265 Å². The molecule has 4 amide bonds. The largest absolute Gasteiger partial charge is 0.497 e. The molecule has 16 aromatic rings. The van der Waals surface area contributed by atoms with Gasteiger partial charge in [-0.15, -0.1) is 5.10 Å². The van der Waals surface area contributed by atoms with E-state index in [1.54, 1.807) is 177 Å². The fourth-order valence-electron chi connectivity index (χ4n) is 16.3. The lowest BCUT2D eigenvalue weighted by Crippen LogP contribution is -2.49. The number of pyridine rings is 2. The van der Waals surface area contributed by atoms with Crippen LogP contribution in [0.3, 0.4) is 0 Å². The lowest BCUT2D eigenvalue weighted by Gasteiger charge is -2.35. The SMILES string of the molecule is COc1ccnc(N2CCN(C(=O)Cc3nc(-c4ccc(F)cc4)cn3-c3ccc(F)cc3)CC2)c1.O=C(Cc1nc(-c2ccc(F)cc2)cn1-c1ccc(F)cc1)N1CCN(c2ccccn2)CC1.O=C(Cc1nc(-c2ccc(F)cc2)cn1-c1ccc(F)cc1)N1CCN(c2cccnn2)CC1.O=C(Cc1nc(-c2ccc(F)cc2)cn1-c1ccc(F)cc1)N1CCN(c2ncncn2)CC1. The van der Waals surface area contributed by atoms with Crippen LogP contribution in [0.2, 0.25) is 0 Å². The van der Waals surface area contributed by atoms with E-state index in [-0.39, 0.29) is 95.8 Å². The van der Waals surface area contributed by atoms with Crippen molar-refractivity contribution in [3.63, 3.8) is 0 Å². The summed E-state index contributed by atoms with van der Waals surface area (Å²) in [4.78, 5) is 108. The second-order valence-corrected chi connectivity index (χ2v) is 32.5. The Morgan fingerprint density at radius 2 is 0.572 bits per heavy atom. The molecular weight excluding hydrogens is 1780 g/mol. The number of anilines is 4. The van der Waals surface area contributed by atoms with Gasteiger partial charge in [-0.05, 0) is 224 Å². The summed E-state index contributed by atoms with van der Waals surface area (Å²) in [6.45, 7) is 9.77. The minimum atomic E-state index is -0.351. The van der Waals surface area contributed by atoms with Crippen LogP contribution in [0.4, 0.5) is 58.5 Å². The number of imidazole rings is 4. The summed E-state index contributed by atoms with van der Waals surface area (Å²) in [6, 6.07) is 61.3. The Hall–Kier alpha value is -16.7. The molecule has 4 aliphatic heterocycles. The van der Waals surface area contributed by atoms with Crippen molar-refractivity contribution in [2.24, 2.45) is 0 Å². The summed E-state index contributed by atoms with van der Waals surface area (Å²) in [5.74, 6) is 3.08. The Bertz CT molecular complexity index is 6310. The van der Waals surface area contributed by atoms with Gasteiger partial charge in [0.25, 0.3) is 0 Å². The minimum Gasteiger partial charge on any atom is -0.497 e. The number of nitrogens with zero attached hydrogens (tertiary/aromatic N) is 23. The maximum atomic E-state index is 13.5. The first kappa shape index (κ1) is 93.1. The Labute approximate surface area is 788 Å². The van der Waals surface area contributed by atoms with Crippen molar-refractivity contribution in [3.8, 4) is 73.5 Å². The van der Waals surface area contributed by atoms with Gasteiger partial charge in [0, 0.05) is 199 Å². The molecule has 4 aliphatic rings. The van der Waals surface area contributed by atoms with Crippen molar-refractivity contribution in [1.82, 2.24) is 92.9 Å². The summed E-state index contributed by atoms with van der Waals surface area (Å²) in [5, 5.41) is 8.06. The maximum absolute atomic E-state index is 13.5. The number of hydrogen-bond acceptors (Lipinski definition) is 20. The van der Waals surface area contributed by atoms with Crippen molar-refractivity contribution in [1.29, 1.82) is 0 Å². The van der Waals surface area contributed by atoms with E-state index in [2.05, 4.69) is 64.8 Å². The van der Waals surface area contributed by atoms with Crippen LogP contribution in [0.1, 0.15) is 23.3 Å². The summed E-state index contributed by atoms with van der Waals surface area (Å²) >= 11 is 0.